The number of hydrogen-bond acceptors (Lipinski definition) is 2. The molecule has 78 valence electrons. The zero-order valence-corrected chi connectivity index (χ0v) is 7.30. The van der Waals surface area contributed by atoms with Crippen molar-refractivity contribution in [3.63, 3.8) is 0 Å². The number of aliphatic hydroxyl groups excluding tert-OH is 1. The van der Waals surface area contributed by atoms with E-state index < -0.39 is 17.5 Å². The van der Waals surface area contributed by atoms with Gasteiger partial charge in [0, 0.05) is 17.2 Å². The van der Waals surface area contributed by atoms with Crippen LogP contribution in [0.25, 0.3) is 5.76 Å². The van der Waals surface area contributed by atoms with Gasteiger partial charge in [0.15, 0.2) is 5.78 Å². The first-order chi connectivity index (χ1) is 6.89. The van der Waals surface area contributed by atoms with E-state index in [2.05, 4.69) is 0 Å². The number of allylic oxidation sites excluding steroid dienone is 1. The lowest BCUT2D eigenvalue weighted by atomic mass is 10.0. The fourth-order valence-corrected chi connectivity index (χ4v) is 1.43. The van der Waals surface area contributed by atoms with Crippen LogP contribution in [0.4, 0.5) is 13.2 Å². The van der Waals surface area contributed by atoms with E-state index in [4.69, 9.17) is 0 Å². The van der Waals surface area contributed by atoms with Crippen molar-refractivity contribution in [2.45, 2.75) is 6.18 Å². The van der Waals surface area contributed by atoms with Crippen molar-refractivity contribution in [1.29, 1.82) is 0 Å². The van der Waals surface area contributed by atoms with E-state index in [-0.39, 0.29) is 16.9 Å². The molecule has 0 aromatic heterocycles. The minimum atomic E-state index is -4.48. The first-order valence-electron chi connectivity index (χ1n) is 4.06. The summed E-state index contributed by atoms with van der Waals surface area (Å²) in [5.41, 5.74) is -0.854. The Morgan fingerprint density at radius 1 is 1.13 bits per heavy atom. The van der Waals surface area contributed by atoms with Crippen molar-refractivity contribution in [3.05, 3.63) is 41.0 Å². The number of fused-ring (bicyclic) bond motifs is 1. The van der Waals surface area contributed by atoms with Crippen LogP contribution in [0.1, 0.15) is 21.5 Å². The minimum absolute atomic E-state index is 0.109. The summed E-state index contributed by atoms with van der Waals surface area (Å²) in [6.07, 6.45) is -3.57. The summed E-state index contributed by atoms with van der Waals surface area (Å²) in [6.45, 7) is 0. The van der Waals surface area contributed by atoms with Gasteiger partial charge in [-0.3, -0.25) is 4.79 Å². The Kier molecular flexibility index (Phi) is 1.86. The maximum absolute atomic E-state index is 12.3. The van der Waals surface area contributed by atoms with Crippen LogP contribution in [0, 0.1) is 0 Å². The second kappa shape index (κ2) is 2.85. The normalized spacial score (nSPS) is 15.1. The average Bonchev–Trinajstić information content (AvgIpc) is 2.41. The number of hydrogen-bond donors (Lipinski definition) is 1. The zero-order chi connectivity index (χ0) is 11.2. The van der Waals surface area contributed by atoms with E-state index in [1.54, 1.807) is 0 Å². The number of carbonyl (C=O) groups is 1. The van der Waals surface area contributed by atoms with Gasteiger partial charge in [-0.1, -0.05) is 0 Å². The Morgan fingerprint density at radius 3 is 2.40 bits per heavy atom. The maximum atomic E-state index is 12.3. The SMILES string of the molecule is O=C1C=C(O)c2ccc(C(F)(F)F)cc21. The van der Waals surface area contributed by atoms with Crippen LogP contribution < -0.4 is 0 Å². The van der Waals surface area contributed by atoms with Crippen LogP contribution >= 0.6 is 0 Å². The molecule has 0 fully saturated rings. The number of benzene rings is 1. The molecular formula is C10H5F3O2. The van der Waals surface area contributed by atoms with Crippen LogP contribution in [-0.4, -0.2) is 10.9 Å². The van der Waals surface area contributed by atoms with Crippen LogP contribution in [-0.2, 0) is 6.18 Å². The molecule has 0 bridgehead atoms. The second-order valence-corrected chi connectivity index (χ2v) is 3.15. The van der Waals surface area contributed by atoms with Gasteiger partial charge in [-0.05, 0) is 18.2 Å². The number of halogens is 3. The molecule has 0 radical (unpaired) electrons. The predicted octanol–water partition coefficient (Wildman–Crippen LogP) is 2.80. The third-order valence-corrected chi connectivity index (χ3v) is 2.16. The summed E-state index contributed by atoms with van der Waals surface area (Å²) in [6, 6.07) is 2.67. The molecule has 0 saturated heterocycles. The summed E-state index contributed by atoms with van der Waals surface area (Å²) in [5, 5.41) is 9.20. The van der Waals surface area contributed by atoms with Gasteiger partial charge in [0.2, 0.25) is 0 Å². The van der Waals surface area contributed by atoms with Crippen LogP contribution in [0.2, 0.25) is 0 Å². The Balaban J connectivity index is 2.56. The Labute approximate surface area is 82.6 Å². The predicted molar refractivity (Wildman–Crippen MR) is 46.4 cm³/mol. The molecule has 0 aliphatic heterocycles. The fourth-order valence-electron chi connectivity index (χ4n) is 1.43. The first-order valence-corrected chi connectivity index (χ1v) is 4.06. The van der Waals surface area contributed by atoms with Crippen LogP contribution in [0.3, 0.4) is 0 Å². The summed E-state index contributed by atoms with van der Waals surface area (Å²) >= 11 is 0. The lowest BCUT2D eigenvalue weighted by molar-refractivity contribution is -0.137. The maximum Gasteiger partial charge on any atom is 0.416 e. The van der Waals surface area contributed by atoms with Crippen molar-refractivity contribution < 1.29 is 23.1 Å². The van der Waals surface area contributed by atoms with E-state index in [0.29, 0.717) is 0 Å². The summed E-state index contributed by atoms with van der Waals surface area (Å²) in [5.74, 6) is -0.891. The number of alkyl halides is 3. The minimum Gasteiger partial charge on any atom is -0.507 e. The zero-order valence-electron chi connectivity index (χ0n) is 7.30. The third kappa shape index (κ3) is 1.49. The molecule has 1 aromatic carbocycles. The standard InChI is InChI=1S/C10H5F3O2/c11-10(12,13)5-1-2-6-7(3-5)9(15)4-8(6)14/h1-4,14H. The van der Waals surface area contributed by atoms with Crippen molar-refractivity contribution in [1.82, 2.24) is 0 Å². The molecule has 1 aromatic rings. The molecule has 0 heterocycles. The smallest absolute Gasteiger partial charge is 0.416 e. The van der Waals surface area contributed by atoms with Gasteiger partial charge in [0.1, 0.15) is 5.76 Å². The van der Waals surface area contributed by atoms with Gasteiger partial charge in [0.05, 0.1) is 5.56 Å². The molecule has 15 heavy (non-hydrogen) atoms. The highest BCUT2D eigenvalue weighted by atomic mass is 19.4. The molecule has 1 aliphatic rings. The summed E-state index contributed by atoms with van der Waals surface area (Å²) < 4.78 is 36.9. The lowest BCUT2D eigenvalue weighted by Gasteiger charge is -2.08. The number of rotatable bonds is 0. The Morgan fingerprint density at radius 2 is 1.80 bits per heavy atom. The van der Waals surface area contributed by atoms with Gasteiger partial charge < -0.3 is 5.11 Å². The van der Waals surface area contributed by atoms with Crippen LogP contribution in [0.15, 0.2) is 24.3 Å². The van der Waals surface area contributed by atoms with Crippen molar-refractivity contribution in [3.8, 4) is 0 Å². The molecular weight excluding hydrogens is 209 g/mol. The highest BCUT2D eigenvalue weighted by molar-refractivity contribution is 6.15. The van der Waals surface area contributed by atoms with Gasteiger partial charge in [-0.25, -0.2) is 0 Å². The first kappa shape index (κ1) is 9.76. The van der Waals surface area contributed by atoms with E-state index in [1.807, 2.05) is 0 Å². The molecule has 2 rings (SSSR count). The molecule has 2 nitrogen and oxygen atoms in total. The number of carbonyl (C=O) groups excluding carboxylic acids is 1. The van der Waals surface area contributed by atoms with E-state index in [0.717, 1.165) is 24.3 Å². The second-order valence-electron chi connectivity index (χ2n) is 3.15. The lowest BCUT2D eigenvalue weighted by Crippen LogP contribution is -2.06. The molecule has 0 unspecified atom stereocenters. The van der Waals surface area contributed by atoms with Gasteiger partial charge in [-0.2, -0.15) is 13.2 Å². The topological polar surface area (TPSA) is 37.3 Å². The van der Waals surface area contributed by atoms with E-state index >= 15 is 0 Å². The largest absolute Gasteiger partial charge is 0.507 e. The average molecular weight is 214 g/mol. The summed E-state index contributed by atoms with van der Waals surface area (Å²) in [7, 11) is 0. The van der Waals surface area contributed by atoms with E-state index in [9.17, 15) is 23.1 Å². The summed E-state index contributed by atoms with van der Waals surface area (Å²) in [4.78, 5) is 11.2. The molecule has 5 heteroatoms. The van der Waals surface area contributed by atoms with Gasteiger partial charge >= 0.3 is 6.18 Å². The highest BCUT2D eigenvalue weighted by Crippen LogP contribution is 2.33. The van der Waals surface area contributed by atoms with Crippen molar-refractivity contribution >= 4 is 11.5 Å². The Bertz CT molecular complexity index is 472. The van der Waals surface area contributed by atoms with Crippen molar-refractivity contribution in [2.24, 2.45) is 0 Å². The molecule has 0 spiro atoms. The fraction of sp³-hybridized carbons (Fsp3) is 0.100. The van der Waals surface area contributed by atoms with Crippen molar-refractivity contribution in [2.75, 3.05) is 0 Å². The molecule has 0 amide bonds. The molecule has 1 N–H and O–H groups in total. The number of aliphatic hydroxyl groups is 1. The van der Waals surface area contributed by atoms with Gasteiger partial charge in [-0.15, -0.1) is 0 Å². The molecule has 0 atom stereocenters. The third-order valence-electron chi connectivity index (χ3n) is 2.16. The van der Waals surface area contributed by atoms with Crippen LogP contribution in [0.5, 0.6) is 0 Å². The number of ketones is 1. The Hall–Kier alpha value is -1.78. The molecule has 1 aliphatic carbocycles. The van der Waals surface area contributed by atoms with Gasteiger partial charge in [0.25, 0.3) is 0 Å². The molecule has 0 saturated carbocycles. The highest BCUT2D eigenvalue weighted by Gasteiger charge is 2.33. The quantitative estimate of drug-likeness (QED) is 0.720. The monoisotopic (exact) mass is 214 g/mol. The van der Waals surface area contributed by atoms with E-state index in [1.165, 1.54) is 0 Å².